The molecule has 0 aliphatic carbocycles. The molecule has 0 bridgehead atoms. The predicted molar refractivity (Wildman–Crippen MR) is 76.8 cm³/mol. The zero-order chi connectivity index (χ0) is 15.9. The Morgan fingerprint density at radius 2 is 2.10 bits per heavy atom. The molecule has 21 heavy (non-hydrogen) atoms. The number of aliphatic hydroxyl groups excluding tert-OH is 2. The zero-order valence-electron chi connectivity index (χ0n) is 12.1. The van der Waals surface area contributed by atoms with Gasteiger partial charge in [-0.1, -0.05) is 38.1 Å². The minimum atomic E-state index is -0.921. The van der Waals surface area contributed by atoms with Crippen LogP contribution in [0.25, 0.3) is 0 Å². The van der Waals surface area contributed by atoms with E-state index in [2.05, 4.69) is 0 Å². The Hall–Kier alpha value is -1.89. The summed E-state index contributed by atoms with van der Waals surface area (Å²) in [5.74, 6) is -0.188. The normalized spacial score (nSPS) is 13.2. The highest BCUT2D eigenvalue weighted by molar-refractivity contribution is 5.86. The van der Waals surface area contributed by atoms with Crippen molar-refractivity contribution in [2.24, 2.45) is 5.41 Å². The first-order chi connectivity index (χ1) is 9.92. The zero-order valence-corrected chi connectivity index (χ0v) is 12.1. The van der Waals surface area contributed by atoms with Crippen LogP contribution in [-0.4, -0.2) is 34.5 Å². The standard InChI is InChI=1S/C15H21NO5/c1-15(2,8-7-13(18)16-20)14(19)11-5-3-4-6-12(11)21-10-9-17/h3-8,14,17,19-20H,9-10H2,1-2H3,(H,16,18)/b8-7+/t14-/m1/s1. The quantitative estimate of drug-likeness (QED) is 0.344. The van der Waals surface area contributed by atoms with Crippen molar-refractivity contribution >= 4 is 5.91 Å². The third kappa shape index (κ3) is 4.86. The monoisotopic (exact) mass is 295 g/mol. The Kier molecular flexibility index (Phi) is 6.36. The second kappa shape index (κ2) is 7.78. The van der Waals surface area contributed by atoms with Gasteiger partial charge in [0, 0.05) is 17.1 Å². The molecule has 1 amide bonds. The lowest BCUT2D eigenvalue weighted by atomic mass is 9.82. The molecule has 0 aromatic heterocycles. The Bertz CT molecular complexity index is 499. The summed E-state index contributed by atoms with van der Waals surface area (Å²) in [6.45, 7) is 3.51. The van der Waals surface area contributed by atoms with Crippen LogP contribution in [0.4, 0.5) is 0 Å². The Morgan fingerprint density at radius 3 is 2.71 bits per heavy atom. The van der Waals surface area contributed by atoms with Gasteiger partial charge in [0.05, 0.1) is 12.7 Å². The Balaban J connectivity index is 2.98. The number of hydroxylamine groups is 1. The maximum atomic E-state index is 11.0. The lowest BCUT2D eigenvalue weighted by Gasteiger charge is -2.28. The molecule has 6 heteroatoms. The summed E-state index contributed by atoms with van der Waals surface area (Å²) in [7, 11) is 0. The fraction of sp³-hybridized carbons (Fsp3) is 0.400. The van der Waals surface area contributed by atoms with Crippen LogP contribution in [0.3, 0.4) is 0 Å². The highest BCUT2D eigenvalue weighted by Crippen LogP contribution is 2.38. The van der Waals surface area contributed by atoms with Crippen molar-refractivity contribution in [2.75, 3.05) is 13.2 Å². The van der Waals surface area contributed by atoms with E-state index in [4.69, 9.17) is 15.1 Å². The van der Waals surface area contributed by atoms with E-state index in [1.54, 1.807) is 38.1 Å². The molecule has 116 valence electrons. The molecule has 0 radical (unpaired) electrons. The summed E-state index contributed by atoms with van der Waals surface area (Å²) in [4.78, 5) is 11.0. The number of rotatable bonds is 7. The van der Waals surface area contributed by atoms with Crippen molar-refractivity contribution in [3.63, 3.8) is 0 Å². The van der Waals surface area contributed by atoms with Crippen LogP contribution in [0.1, 0.15) is 25.5 Å². The van der Waals surface area contributed by atoms with Crippen LogP contribution in [0, 0.1) is 5.41 Å². The lowest BCUT2D eigenvalue weighted by Crippen LogP contribution is -2.22. The molecule has 0 fully saturated rings. The van der Waals surface area contributed by atoms with Gasteiger partial charge in [0.15, 0.2) is 0 Å². The number of hydrogen-bond acceptors (Lipinski definition) is 5. The van der Waals surface area contributed by atoms with Gasteiger partial charge in [0.1, 0.15) is 12.4 Å². The summed E-state index contributed by atoms with van der Waals surface area (Å²) in [5, 5.41) is 27.8. The number of carbonyl (C=O) groups excluding carboxylic acids is 1. The average Bonchev–Trinajstić information content (AvgIpc) is 2.50. The molecule has 0 heterocycles. The first-order valence-electron chi connectivity index (χ1n) is 6.56. The van der Waals surface area contributed by atoms with Crippen molar-refractivity contribution in [3.05, 3.63) is 42.0 Å². The Labute approximate surface area is 123 Å². The second-order valence-corrected chi connectivity index (χ2v) is 5.14. The average molecular weight is 295 g/mol. The van der Waals surface area contributed by atoms with E-state index >= 15 is 0 Å². The molecule has 1 aromatic carbocycles. The Morgan fingerprint density at radius 1 is 1.43 bits per heavy atom. The van der Waals surface area contributed by atoms with Crippen LogP contribution in [0.5, 0.6) is 5.75 Å². The lowest BCUT2D eigenvalue weighted by molar-refractivity contribution is -0.124. The highest BCUT2D eigenvalue weighted by atomic mass is 16.5. The fourth-order valence-electron chi connectivity index (χ4n) is 1.81. The third-order valence-electron chi connectivity index (χ3n) is 3.04. The van der Waals surface area contributed by atoms with Gasteiger partial charge in [0.2, 0.25) is 0 Å². The van der Waals surface area contributed by atoms with Gasteiger partial charge >= 0.3 is 0 Å². The SMILES string of the molecule is CC(C)(/C=C/C(=O)NO)[C@H](O)c1ccccc1OCCO. The molecule has 0 unspecified atom stereocenters. The van der Waals surface area contributed by atoms with Crippen molar-refractivity contribution in [2.45, 2.75) is 20.0 Å². The maximum Gasteiger partial charge on any atom is 0.267 e. The smallest absolute Gasteiger partial charge is 0.267 e. The molecule has 0 aliphatic rings. The van der Waals surface area contributed by atoms with E-state index in [0.717, 1.165) is 6.08 Å². The van der Waals surface area contributed by atoms with E-state index in [1.165, 1.54) is 11.6 Å². The largest absolute Gasteiger partial charge is 0.491 e. The molecule has 1 atom stereocenters. The van der Waals surface area contributed by atoms with Crippen LogP contribution in [0.15, 0.2) is 36.4 Å². The first-order valence-corrected chi connectivity index (χ1v) is 6.56. The molecular formula is C15H21NO5. The highest BCUT2D eigenvalue weighted by Gasteiger charge is 2.29. The molecule has 0 saturated carbocycles. The molecule has 0 saturated heterocycles. The number of benzene rings is 1. The molecular weight excluding hydrogens is 274 g/mol. The number of nitrogens with one attached hydrogen (secondary N) is 1. The number of ether oxygens (including phenoxy) is 1. The van der Waals surface area contributed by atoms with Gasteiger partial charge in [-0.15, -0.1) is 0 Å². The summed E-state index contributed by atoms with van der Waals surface area (Å²) in [5.41, 5.74) is 1.30. The van der Waals surface area contributed by atoms with Crippen molar-refractivity contribution < 1.29 is 25.0 Å². The number of amides is 1. The number of para-hydroxylation sites is 1. The minimum Gasteiger partial charge on any atom is -0.491 e. The first kappa shape index (κ1) is 17.2. The number of hydrogen-bond donors (Lipinski definition) is 4. The molecule has 1 aromatic rings. The number of carbonyl (C=O) groups is 1. The van der Waals surface area contributed by atoms with Gasteiger partial charge in [-0.3, -0.25) is 10.0 Å². The maximum absolute atomic E-state index is 11.0. The fourth-order valence-corrected chi connectivity index (χ4v) is 1.81. The molecule has 1 rings (SSSR count). The van der Waals surface area contributed by atoms with Gasteiger partial charge in [0.25, 0.3) is 5.91 Å². The van der Waals surface area contributed by atoms with Crippen molar-refractivity contribution in [1.29, 1.82) is 0 Å². The van der Waals surface area contributed by atoms with Crippen molar-refractivity contribution in [1.82, 2.24) is 5.48 Å². The summed E-state index contributed by atoms with van der Waals surface area (Å²) in [6.07, 6.45) is 1.74. The van der Waals surface area contributed by atoms with Gasteiger partial charge in [-0.2, -0.15) is 0 Å². The van der Waals surface area contributed by atoms with Crippen LogP contribution < -0.4 is 10.2 Å². The van der Waals surface area contributed by atoms with E-state index < -0.39 is 17.4 Å². The molecule has 6 nitrogen and oxygen atoms in total. The van der Waals surface area contributed by atoms with Crippen LogP contribution in [0.2, 0.25) is 0 Å². The van der Waals surface area contributed by atoms with Gasteiger partial charge in [-0.25, -0.2) is 5.48 Å². The van der Waals surface area contributed by atoms with Gasteiger partial charge in [-0.05, 0) is 6.07 Å². The minimum absolute atomic E-state index is 0.121. The van der Waals surface area contributed by atoms with Gasteiger partial charge < -0.3 is 14.9 Å². The summed E-state index contributed by atoms with van der Waals surface area (Å²) in [6, 6.07) is 6.96. The summed E-state index contributed by atoms with van der Waals surface area (Å²) < 4.78 is 5.40. The van der Waals surface area contributed by atoms with Crippen molar-refractivity contribution in [3.8, 4) is 5.75 Å². The second-order valence-electron chi connectivity index (χ2n) is 5.14. The predicted octanol–water partition coefficient (Wildman–Crippen LogP) is 1.18. The topological polar surface area (TPSA) is 99.0 Å². The molecule has 0 spiro atoms. The van der Waals surface area contributed by atoms with E-state index in [9.17, 15) is 9.90 Å². The van der Waals surface area contributed by atoms with Crippen LogP contribution in [-0.2, 0) is 4.79 Å². The number of aliphatic hydroxyl groups is 2. The third-order valence-corrected chi connectivity index (χ3v) is 3.04. The van der Waals surface area contributed by atoms with Crippen LogP contribution >= 0.6 is 0 Å². The van der Waals surface area contributed by atoms with E-state index in [0.29, 0.717) is 11.3 Å². The van der Waals surface area contributed by atoms with E-state index in [-0.39, 0.29) is 13.2 Å². The summed E-state index contributed by atoms with van der Waals surface area (Å²) >= 11 is 0. The van der Waals surface area contributed by atoms with E-state index in [1.807, 2.05) is 0 Å². The molecule has 0 aliphatic heterocycles. The molecule has 4 N–H and O–H groups in total.